The lowest BCUT2D eigenvalue weighted by atomic mass is 9.73. The van der Waals surface area contributed by atoms with Crippen LogP contribution in [0, 0.1) is 10.8 Å². The number of halogens is 1. The first-order valence-corrected chi connectivity index (χ1v) is 18.2. The first kappa shape index (κ1) is 36.8. The summed E-state index contributed by atoms with van der Waals surface area (Å²) in [5.41, 5.74) is 2.51. The highest BCUT2D eigenvalue weighted by Gasteiger charge is 2.54. The van der Waals surface area contributed by atoms with Gasteiger partial charge < -0.3 is 20.9 Å². The molecule has 3 fully saturated rings. The SMILES string of the molecule is CCC[C@H](NC(=O)[C@@H]1C[C@]2(C=C(c3cccc(Cl)c3)NO2)CN1C(=O)[C@@H](NC(=O)CC1(C)CCCCC1)C(C)(C)C)C(=O)C(=O)NC1CC1. The number of nitrogens with zero attached hydrogens (tertiary/aromatic N) is 1. The molecule has 4 N–H and O–H groups in total. The monoisotopic (exact) mass is 697 g/mol. The average molecular weight is 698 g/mol. The van der Waals surface area contributed by atoms with Gasteiger partial charge in [-0.3, -0.25) is 34.3 Å². The molecule has 2 aliphatic carbocycles. The molecule has 12 heteroatoms. The Hall–Kier alpha value is -3.44. The quantitative estimate of drug-likeness (QED) is 0.234. The number of hydrogen-bond donors (Lipinski definition) is 4. The Labute approximate surface area is 294 Å². The second-order valence-electron chi connectivity index (χ2n) is 15.9. The van der Waals surface area contributed by atoms with Crippen LogP contribution in [0.1, 0.15) is 111 Å². The summed E-state index contributed by atoms with van der Waals surface area (Å²) in [7, 11) is 0. The molecule has 2 saturated carbocycles. The van der Waals surface area contributed by atoms with Crippen molar-refractivity contribution < 1.29 is 28.8 Å². The van der Waals surface area contributed by atoms with E-state index in [4.69, 9.17) is 16.4 Å². The summed E-state index contributed by atoms with van der Waals surface area (Å²) in [4.78, 5) is 75.8. The predicted octanol–water partition coefficient (Wildman–Crippen LogP) is 4.58. The van der Waals surface area contributed by atoms with Crippen LogP contribution in [-0.4, -0.2) is 70.6 Å². The largest absolute Gasteiger partial charge is 0.347 e. The molecule has 4 aliphatic rings. The molecule has 0 bridgehead atoms. The third-order valence-corrected chi connectivity index (χ3v) is 10.5. The zero-order valence-corrected chi connectivity index (χ0v) is 30.2. The van der Waals surface area contributed by atoms with E-state index in [9.17, 15) is 24.0 Å². The summed E-state index contributed by atoms with van der Waals surface area (Å²) < 4.78 is 0. The average Bonchev–Trinajstić information content (AvgIpc) is 3.63. The highest BCUT2D eigenvalue weighted by atomic mass is 35.5. The fourth-order valence-corrected chi connectivity index (χ4v) is 7.48. The molecule has 4 atom stereocenters. The third kappa shape index (κ3) is 9.03. The Morgan fingerprint density at radius 1 is 1.08 bits per heavy atom. The van der Waals surface area contributed by atoms with Crippen molar-refractivity contribution in [3.05, 3.63) is 40.9 Å². The molecule has 0 radical (unpaired) electrons. The molecule has 1 saturated heterocycles. The van der Waals surface area contributed by atoms with Gasteiger partial charge in [0.1, 0.15) is 17.7 Å². The van der Waals surface area contributed by atoms with E-state index >= 15 is 0 Å². The molecule has 11 nitrogen and oxygen atoms in total. The maximum Gasteiger partial charge on any atom is 0.289 e. The fourth-order valence-electron chi connectivity index (χ4n) is 7.29. The Morgan fingerprint density at radius 3 is 2.43 bits per heavy atom. The predicted molar refractivity (Wildman–Crippen MR) is 187 cm³/mol. The zero-order chi connectivity index (χ0) is 35.6. The number of carbonyl (C=O) groups is 5. The number of amides is 4. The molecule has 2 heterocycles. The van der Waals surface area contributed by atoms with Gasteiger partial charge in [-0.2, -0.15) is 0 Å². The Balaban J connectivity index is 1.41. The summed E-state index contributed by atoms with van der Waals surface area (Å²) in [5, 5.41) is 9.12. The van der Waals surface area contributed by atoms with Gasteiger partial charge in [-0.05, 0) is 61.1 Å². The third-order valence-electron chi connectivity index (χ3n) is 10.3. The van der Waals surface area contributed by atoms with Gasteiger partial charge in [0.2, 0.25) is 23.5 Å². The highest BCUT2D eigenvalue weighted by Crippen LogP contribution is 2.40. The molecule has 5 rings (SSSR count). The van der Waals surface area contributed by atoms with E-state index in [0.717, 1.165) is 44.1 Å². The number of nitrogens with one attached hydrogen (secondary N) is 4. The first-order valence-electron chi connectivity index (χ1n) is 17.8. The Bertz CT molecular complexity index is 1480. The van der Waals surface area contributed by atoms with Crippen LogP contribution in [-0.2, 0) is 28.8 Å². The lowest BCUT2D eigenvalue weighted by Crippen LogP contribution is -2.59. The first-order chi connectivity index (χ1) is 23.1. The number of rotatable bonds is 12. The van der Waals surface area contributed by atoms with Crippen molar-refractivity contribution in [2.45, 2.75) is 135 Å². The lowest BCUT2D eigenvalue weighted by molar-refractivity contribution is -0.145. The van der Waals surface area contributed by atoms with Crippen LogP contribution in [0.5, 0.6) is 0 Å². The molecular formula is C37H52ClN5O6. The minimum Gasteiger partial charge on any atom is -0.347 e. The van der Waals surface area contributed by atoms with Gasteiger partial charge in [0, 0.05) is 29.5 Å². The maximum atomic E-state index is 14.6. The second-order valence-corrected chi connectivity index (χ2v) is 16.3. The molecule has 268 valence electrons. The summed E-state index contributed by atoms with van der Waals surface area (Å²) in [6.07, 6.45) is 10.0. The van der Waals surface area contributed by atoms with Gasteiger partial charge in [0.05, 0.1) is 18.3 Å². The zero-order valence-electron chi connectivity index (χ0n) is 29.5. The molecule has 0 aromatic heterocycles. The van der Waals surface area contributed by atoms with Crippen molar-refractivity contribution in [2.24, 2.45) is 10.8 Å². The second kappa shape index (κ2) is 14.8. The van der Waals surface area contributed by atoms with Gasteiger partial charge in [-0.1, -0.05) is 84.0 Å². The summed E-state index contributed by atoms with van der Waals surface area (Å²) in [6, 6.07) is 4.23. The maximum absolute atomic E-state index is 14.6. The van der Waals surface area contributed by atoms with E-state index in [-0.39, 0.29) is 36.8 Å². The summed E-state index contributed by atoms with van der Waals surface area (Å²) in [5.74, 6) is -2.57. The van der Waals surface area contributed by atoms with Crippen molar-refractivity contribution in [2.75, 3.05) is 6.54 Å². The van der Waals surface area contributed by atoms with Crippen molar-refractivity contribution in [1.29, 1.82) is 0 Å². The summed E-state index contributed by atoms with van der Waals surface area (Å²) in [6.45, 7) is 9.69. The van der Waals surface area contributed by atoms with Crippen molar-refractivity contribution >= 4 is 46.7 Å². The Kier molecular flexibility index (Phi) is 11.1. The lowest BCUT2D eigenvalue weighted by Gasteiger charge is -2.37. The van der Waals surface area contributed by atoms with Crippen LogP contribution in [0.4, 0.5) is 0 Å². The molecule has 1 aromatic carbocycles. The topological polar surface area (TPSA) is 146 Å². The fraction of sp³-hybridized carbons (Fsp3) is 0.649. The highest BCUT2D eigenvalue weighted by molar-refractivity contribution is 6.38. The van der Waals surface area contributed by atoms with Gasteiger partial charge in [-0.15, -0.1) is 0 Å². The number of hydroxylamine groups is 1. The molecule has 4 amide bonds. The van der Waals surface area contributed by atoms with Crippen molar-refractivity contribution in [3.63, 3.8) is 0 Å². The minimum absolute atomic E-state index is 0.00466. The molecule has 2 aliphatic heterocycles. The van der Waals surface area contributed by atoms with Crippen LogP contribution in [0.2, 0.25) is 5.02 Å². The summed E-state index contributed by atoms with van der Waals surface area (Å²) >= 11 is 6.25. The Morgan fingerprint density at radius 2 is 1.80 bits per heavy atom. The molecule has 1 spiro atoms. The van der Waals surface area contributed by atoms with Gasteiger partial charge in [0.15, 0.2) is 0 Å². The van der Waals surface area contributed by atoms with E-state index in [1.807, 2.05) is 45.9 Å². The van der Waals surface area contributed by atoms with Gasteiger partial charge in [0.25, 0.3) is 5.91 Å². The number of carbonyl (C=O) groups excluding carboxylic acids is 5. The molecule has 1 aromatic rings. The van der Waals surface area contributed by atoms with E-state index in [0.29, 0.717) is 23.6 Å². The molecule has 49 heavy (non-hydrogen) atoms. The number of Topliss-reactive ketones (excluding diaryl/α,β-unsaturated/α-hetero) is 1. The number of ketones is 1. The van der Waals surface area contributed by atoms with E-state index < -0.39 is 52.6 Å². The van der Waals surface area contributed by atoms with Crippen LogP contribution in [0.15, 0.2) is 30.3 Å². The minimum atomic E-state index is -1.08. The van der Waals surface area contributed by atoms with E-state index in [1.165, 1.54) is 11.3 Å². The van der Waals surface area contributed by atoms with Crippen LogP contribution < -0.4 is 21.4 Å². The van der Waals surface area contributed by atoms with E-state index in [2.05, 4.69) is 28.4 Å². The van der Waals surface area contributed by atoms with Crippen LogP contribution in [0.25, 0.3) is 5.70 Å². The van der Waals surface area contributed by atoms with Crippen LogP contribution >= 0.6 is 11.6 Å². The van der Waals surface area contributed by atoms with Crippen LogP contribution in [0.3, 0.4) is 0 Å². The number of benzene rings is 1. The molecule has 0 unspecified atom stereocenters. The normalized spacial score (nSPS) is 24.4. The van der Waals surface area contributed by atoms with Gasteiger partial charge in [-0.25, -0.2) is 0 Å². The number of likely N-dealkylation sites (tertiary alicyclic amines) is 1. The van der Waals surface area contributed by atoms with Crippen molar-refractivity contribution in [3.8, 4) is 0 Å². The van der Waals surface area contributed by atoms with Gasteiger partial charge >= 0.3 is 0 Å². The smallest absolute Gasteiger partial charge is 0.289 e. The molecular weight excluding hydrogens is 646 g/mol. The van der Waals surface area contributed by atoms with Crippen molar-refractivity contribution in [1.82, 2.24) is 26.3 Å². The van der Waals surface area contributed by atoms with E-state index in [1.54, 1.807) is 12.1 Å². The standard InChI is InChI=1S/C37H52ClN5O6/c1-6-11-26(30(45)33(47)39-25-14-15-25)40-32(46)28-20-37(19-27(42-49-37)23-12-10-13-24(38)18-23)22-43(28)34(48)31(35(2,3)4)41-29(44)21-36(5)16-8-7-9-17-36/h10,12-13,18-19,25-26,28,31,42H,6-9,11,14-17,20-22H2,1-5H3,(H,39,47)(H,40,46)(H,41,44)/t26-,28-,31+,37+/m0/s1. The number of hydrogen-bond acceptors (Lipinski definition) is 7.